The predicted octanol–water partition coefficient (Wildman–Crippen LogP) is -1.33. The number of hydrogen-bond donors (Lipinski definition) is 5. The SMILES string of the molecule is NC(CS)C(=O)N1CCCC1C(=O)NC(CCC(=O)O)C(=O)O. The van der Waals surface area contributed by atoms with Gasteiger partial charge in [0, 0.05) is 18.7 Å². The average molecular weight is 347 g/mol. The van der Waals surface area contributed by atoms with Crippen molar-refractivity contribution in [1.29, 1.82) is 0 Å². The zero-order valence-corrected chi connectivity index (χ0v) is 13.4. The highest BCUT2D eigenvalue weighted by molar-refractivity contribution is 7.80. The van der Waals surface area contributed by atoms with E-state index in [4.69, 9.17) is 15.9 Å². The van der Waals surface area contributed by atoms with Gasteiger partial charge in [0.15, 0.2) is 0 Å². The zero-order valence-electron chi connectivity index (χ0n) is 12.5. The first-order chi connectivity index (χ1) is 10.8. The van der Waals surface area contributed by atoms with Gasteiger partial charge in [-0.3, -0.25) is 14.4 Å². The van der Waals surface area contributed by atoms with Crippen LogP contribution in [0.3, 0.4) is 0 Å². The summed E-state index contributed by atoms with van der Waals surface area (Å²) in [6, 6.07) is -2.93. The number of carboxylic acid groups (broad SMARTS) is 2. The van der Waals surface area contributed by atoms with E-state index in [0.717, 1.165) is 0 Å². The molecule has 0 aromatic rings. The molecule has 23 heavy (non-hydrogen) atoms. The van der Waals surface area contributed by atoms with Gasteiger partial charge in [0.2, 0.25) is 11.8 Å². The fourth-order valence-corrected chi connectivity index (χ4v) is 2.54. The quantitative estimate of drug-likeness (QED) is 0.341. The molecular weight excluding hydrogens is 326 g/mol. The van der Waals surface area contributed by atoms with Crippen molar-refractivity contribution in [2.75, 3.05) is 12.3 Å². The second kappa shape index (κ2) is 8.73. The summed E-state index contributed by atoms with van der Waals surface area (Å²) in [5, 5.41) is 20.0. The molecule has 1 rings (SSSR count). The molecule has 130 valence electrons. The second-order valence-corrected chi connectivity index (χ2v) is 5.68. The normalized spacial score (nSPS) is 19.9. The van der Waals surface area contributed by atoms with Crippen LogP contribution in [-0.2, 0) is 19.2 Å². The maximum Gasteiger partial charge on any atom is 0.326 e. The van der Waals surface area contributed by atoms with Gasteiger partial charge in [-0.1, -0.05) is 0 Å². The lowest BCUT2D eigenvalue weighted by Crippen LogP contribution is -2.54. The first kappa shape index (κ1) is 19.2. The van der Waals surface area contributed by atoms with E-state index in [1.807, 2.05) is 0 Å². The largest absolute Gasteiger partial charge is 0.481 e. The number of carbonyl (C=O) groups is 4. The van der Waals surface area contributed by atoms with Crippen LogP contribution in [0.2, 0.25) is 0 Å². The highest BCUT2D eigenvalue weighted by Gasteiger charge is 2.37. The number of rotatable bonds is 8. The van der Waals surface area contributed by atoms with E-state index >= 15 is 0 Å². The molecule has 5 N–H and O–H groups in total. The molecule has 3 unspecified atom stereocenters. The number of amides is 2. The number of aliphatic carboxylic acids is 2. The van der Waals surface area contributed by atoms with Gasteiger partial charge in [-0.15, -0.1) is 0 Å². The third-order valence-electron chi connectivity index (χ3n) is 3.61. The monoisotopic (exact) mass is 347 g/mol. The van der Waals surface area contributed by atoms with E-state index < -0.39 is 41.9 Å². The van der Waals surface area contributed by atoms with E-state index in [1.54, 1.807) is 0 Å². The number of carbonyl (C=O) groups excluding carboxylic acids is 2. The summed E-state index contributed by atoms with van der Waals surface area (Å²) in [4.78, 5) is 47.3. The van der Waals surface area contributed by atoms with Crippen molar-refractivity contribution in [3.8, 4) is 0 Å². The summed E-state index contributed by atoms with van der Waals surface area (Å²) < 4.78 is 0. The Bertz CT molecular complexity index is 486. The summed E-state index contributed by atoms with van der Waals surface area (Å²) in [6.07, 6.45) is 0.403. The molecule has 1 aliphatic heterocycles. The van der Waals surface area contributed by atoms with Crippen LogP contribution < -0.4 is 11.1 Å². The van der Waals surface area contributed by atoms with Crippen LogP contribution in [0, 0.1) is 0 Å². The molecular formula is C13H21N3O6S. The Kier molecular flexibility index (Phi) is 7.30. The lowest BCUT2D eigenvalue weighted by atomic mass is 10.1. The summed E-state index contributed by atoms with van der Waals surface area (Å²) in [5.74, 6) is -3.35. The fourth-order valence-electron chi connectivity index (χ4n) is 2.39. The molecule has 0 aliphatic carbocycles. The lowest BCUT2D eigenvalue weighted by molar-refractivity contribution is -0.144. The Morgan fingerprint density at radius 3 is 2.48 bits per heavy atom. The molecule has 3 atom stereocenters. The Labute approximate surface area is 138 Å². The number of carboxylic acids is 2. The van der Waals surface area contributed by atoms with Crippen LogP contribution in [-0.4, -0.2) is 69.3 Å². The summed E-state index contributed by atoms with van der Waals surface area (Å²) >= 11 is 3.95. The third kappa shape index (κ3) is 5.39. The second-order valence-electron chi connectivity index (χ2n) is 5.31. The molecule has 0 radical (unpaired) electrons. The lowest BCUT2D eigenvalue weighted by Gasteiger charge is -2.27. The summed E-state index contributed by atoms with van der Waals surface area (Å²) in [7, 11) is 0. The topological polar surface area (TPSA) is 150 Å². The molecule has 2 amide bonds. The van der Waals surface area contributed by atoms with Crippen molar-refractivity contribution in [3.63, 3.8) is 0 Å². The van der Waals surface area contributed by atoms with Gasteiger partial charge < -0.3 is 26.2 Å². The van der Waals surface area contributed by atoms with E-state index in [9.17, 15) is 19.2 Å². The number of nitrogens with two attached hydrogens (primary N) is 1. The number of nitrogens with one attached hydrogen (secondary N) is 1. The standard InChI is InChI=1S/C13H21N3O6S/c14-7(6-23)12(20)16-5-1-2-9(16)11(19)15-8(13(21)22)3-4-10(17)18/h7-9,23H,1-6,14H2,(H,15,19)(H,17,18)(H,21,22). The van der Waals surface area contributed by atoms with Crippen LogP contribution in [0.25, 0.3) is 0 Å². The molecule has 9 nitrogen and oxygen atoms in total. The van der Waals surface area contributed by atoms with Gasteiger partial charge in [-0.05, 0) is 19.3 Å². The minimum atomic E-state index is -1.32. The highest BCUT2D eigenvalue weighted by Crippen LogP contribution is 2.19. The number of hydrogen-bond acceptors (Lipinski definition) is 6. The molecule has 0 aromatic carbocycles. The van der Waals surface area contributed by atoms with Gasteiger partial charge in [0.05, 0.1) is 6.04 Å². The van der Waals surface area contributed by atoms with E-state index in [-0.39, 0.29) is 18.6 Å². The van der Waals surface area contributed by atoms with Gasteiger partial charge in [-0.2, -0.15) is 12.6 Å². The first-order valence-electron chi connectivity index (χ1n) is 7.19. The zero-order chi connectivity index (χ0) is 17.6. The first-order valence-corrected chi connectivity index (χ1v) is 7.83. The fraction of sp³-hybridized carbons (Fsp3) is 0.692. The molecule has 1 heterocycles. The molecule has 0 aromatic heterocycles. The minimum absolute atomic E-state index is 0.139. The Morgan fingerprint density at radius 1 is 1.30 bits per heavy atom. The van der Waals surface area contributed by atoms with Crippen molar-refractivity contribution in [1.82, 2.24) is 10.2 Å². The average Bonchev–Trinajstić information content (AvgIpc) is 2.98. The van der Waals surface area contributed by atoms with Crippen molar-refractivity contribution >= 4 is 36.4 Å². The van der Waals surface area contributed by atoms with Crippen molar-refractivity contribution in [2.24, 2.45) is 5.73 Å². The van der Waals surface area contributed by atoms with Crippen LogP contribution in [0.1, 0.15) is 25.7 Å². The molecule has 1 saturated heterocycles. The molecule has 0 bridgehead atoms. The van der Waals surface area contributed by atoms with Crippen LogP contribution in [0.15, 0.2) is 0 Å². The van der Waals surface area contributed by atoms with E-state index in [0.29, 0.717) is 19.4 Å². The third-order valence-corrected chi connectivity index (χ3v) is 4.01. The molecule has 0 spiro atoms. The summed E-state index contributed by atoms with van der Waals surface area (Å²) in [6.45, 7) is 0.366. The smallest absolute Gasteiger partial charge is 0.326 e. The number of nitrogens with zero attached hydrogens (tertiary/aromatic N) is 1. The van der Waals surface area contributed by atoms with Gasteiger partial charge in [0.1, 0.15) is 12.1 Å². The highest BCUT2D eigenvalue weighted by atomic mass is 32.1. The van der Waals surface area contributed by atoms with Gasteiger partial charge in [-0.25, -0.2) is 4.79 Å². The maximum atomic E-state index is 12.3. The molecule has 0 saturated carbocycles. The Balaban J connectivity index is 2.71. The number of likely N-dealkylation sites (tertiary alicyclic amines) is 1. The van der Waals surface area contributed by atoms with Crippen LogP contribution >= 0.6 is 12.6 Å². The van der Waals surface area contributed by atoms with Crippen molar-refractivity contribution in [2.45, 2.75) is 43.8 Å². The minimum Gasteiger partial charge on any atom is -0.481 e. The van der Waals surface area contributed by atoms with Gasteiger partial charge >= 0.3 is 11.9 Å². The van der Waals surface area contributed by atoms with Crippen LogP contribution in [0.5, 0.6) is 0 Å². The maximum absolute atomic E-state index is 12.3. The van der Waals surface area contributed by atoms with E-state index in [2.05, 4.69) is 17.9 Å². The molecule has 10 heteroatoms. The molecule has 1 aliphatic rings. The summed E-state index contributed by atoms with van der Waals surface area (Å²) in [5.41, 5.74) is 5.63. The van der Waals surface area contributed by atoms with Crippen molar-refractivity contribution in [3.05, 3.63) is 0 Å². The number of thiol groups is 1. The van der Waals surface area contributed by atoms with Crippen molar-refractivity contribution < 1.29 is 29.4 Å². The Hall–Kier alpha value is -1.81. The van der Waals surface area contributed by atoms with Crippen LogP contribution in [0.4, 0.5) is 0 Å². The predicted molar refractivity (Wildman–Crippen MR) is 83.0 cm³/mol. The van der Waals surface area contributed by atoms with E-state index in [1.165, 1.54) is 4.90 Å². The van der Waals surface area contributed by atoms with Gasteiger partial charge in [0.25, 0.3) is 0 Å². The Morgan fingerprint density at radius 2 is 1.96 bits per heavy atom. The molecule has 1 fully saturated rings.